The highest BCUT2D eigenvalue weighted by Gasteiger charge is 2.21. The molecule has 0 aliphatic carbocycles. The summed E-state index contributed by atoms with van der Waals surface area (Å²) in [6.07, 6.45) is 0. The molecule has 7 heteroatoms. The van der Waals surface area contributed by atoms with Gasteiger partial charge in [0.05, 0.1) is 12.3 Å². The lowest BCUT2D eigenvalue weighted by Crippen LogP contribution is -2.31. The van der Waals surface area contributed by atoms with Gasteiger partial charge in [0, 0.05) is 23.1 Å². The fourth-order valence-corrected chi connectivity index (χ4v) is 3.33. The molecule has 156 valence electrons. The zero-order chi connectivity index (χ0) is 21.7. The molecule has 7 nitrogen and oxygen atoms in total. The van der Waals surface area contributed by atoms with Gasteiger partial charge in [-0.2, -0.15) is 5.06 Å². The molecular formula is C23H25N3O4. The Morgan fingerprint density at radius 2 is 1.57 bits per heavy atom. The second-order valence-corrected chi connectivity index (χ2v) is 7.06. The number of benzene rings is 3. The van der Waals surface area contributed by atoms with Crippen molar-refractivity contribution in [2.75, 3.05) is 25.8 Å². The van der Waals surface area contributed by atoms with Crippen molar-refractivity contribution in [2.45, 2.75) is 13.5 Å². The third-order valence-electron chi connectivity index (χ3n) is 4.63. The zero-order valence-electron chi connectivity index (χ0n) is 17.3. The number of rotatable bonds is 7. The molecule has 30 heavy (non-hydrogen) atoms. The number of fused-ring (bicyclic) bond motifs is 1. The highest BCUT2D eigenvalue weighted by Crippen LogP contribution is 2.31. The molecule has 0 aliphatic rings. The summed E-state index contributed by atoms with van der Waals surface area (Å²) in [5, 5.41) is 12.0. The topological polar surface area (TPSA) is 82.1 Å². The molecule has 0 radical (unpaired) electrons. The summed E-state index contributed by atoms with van der Waals surface area (Å²) in [5.41, 5.74) is 3.99. The minimum atomic E-state index is -0.641. The van der Waals surface area contributed by atoms with E-state index in [2.05, 4.69) is 11.0 Å². The molecule has 0 fully saturated rings. The first-order valence-electron chi connectivity index (χ1n) is 9.63. The number of carbonyl (C=O) groups excluding carboxylic acids is 2. The van der Waals surface area contributed by atoms with E-state index < -0.39 is 5.91 Å². The van der Waals surface area contributed by atoms with E-state index >= 15 is 0 Å². The SMILES string of the molecule is CCON(C(=O)c1ccc(C(=O)NO)cc1)c1cccc2c(CN(C)C)cccc12. The van der Waals surface area contributed by atoms with E-state index in [-0.39, 0.29) is 11.5 Å². The van der Waals surface area contributed by atoms with Crippen LogP contribution in [0.3, 0.4) is 0 Å². The molecular weight excluding hydrogens is 382 g/mol. The van der Waals surface area contributed by atoms with Gasteiger partial charge >= 0.3 is 0 Å². The van der Waals surface area contributed by atoms with Crippen LogP contribution in [0.15, 0.2) is 60.7 Å². The number of amides is 2. The Hall–Kier alpha value is -3.26. The fourth-order valence-electron chi connectivity index (χ4n) is 3.33. The van der Waals surface area contributed by atoms with Crippen LogP contribution in [0.1, 0.15) is 33.2 Å². The molecule has 0 aliphatic heterocycles. The van der Waals surface area contributed by atoms with Crippen LogP contribution in [0.25, 0.3) is 10.8 Å². The first-order chi connectivity index (χ1) is 14.5. The Balaban J connectivity index is 2.03. The van der Waals surface area contributed by atoms with Crippen molar-refractivity contribution >= 4 is 28.3 Å². The lowest BCUT2D eigenvalue weighted by molar-refractivity contribution is 0.0679. The monoisotopic (exact) mass is 407 g/mol. The Labute approximate surface area is 175 Å². The van der Waals surface area contributed by atoms with Gasteiger partial charge in [0.1, 0.15) is 0 Å². The van der Waals surface area contributed by atoms with Crippen LogP contribution in [0, 0.1) is 0 Å². The van der Waals surface area contributed by atoms with Crippen molar-refractivity contribution in [3.05, 3.63) is 77.4 Å². The maximum atomic E-state index is 13.2. The maximum Gasteiger partial charge on any atom is 0.282 e. The van der Waals surface area contributed by atoms with Crippen LogP contribution in [-0.2, 0) is 11.4 Å². The number of nitrogens with zero attached hydrogens (tertiary/aromatic N) is 2. The van der Waals surface area contributed by atoms with Gasteiger partial charge in [0.15, 0.2) is 0 Å². The molecule has 0 bridgehead atoms. The third kappa shape index (κ3) is 4.49. The van der Waals surface area contributed by atoms with Gasteiger partial charge < -0.3 is 4.90 Å². The standard InChI is InChI=1S/C23H25N3O4/c1-4-30-26(23(28)17-13-11-16(12-14-17)22(27)24-29)21-10-6-8-19-18(15-25(2)3)7-5-9-20(19)21/h5-14,29H,4,15H2,1-3H3,(H,24,27). The predicted octanol–water partition coefficient (Wildman–Crippen LogP) is 3.62. The summed E-state index contributed by atoms with van der Waals surface area (Å²) in [6.45, 7) is 2.90. The second-order valence-electron chi connectivity index (χ2n) is 7.06. The first kappa shape index (κ1) is 21.4. The van der Waals surface area contributed by atoms with Crippen molar-refractivity contribution in [2.24, 2.45) is 0 Å². The number of hydrogen-bond acceptors (Lipinski definition) is 5. The van der Waals surface area contributed by atoms with E-state index in [1.165, 1.54) is 29.3 Å². The molecule has 0 saturated carbocycles. The first-order valence-corrected chi connectivity index (χ1v) is 9.63. The van der Waals surface area contributed by atoms with Gasteiger partial charge in [-0.25, -0.2) is 5.48 Å². The summed E-state index contributed by atoms with van der Waals surface area (Å²) in [5.74, 6) is -0.989. The molecule has 0 spiro atoms. The lowest BCUT2D eigenvalue weighted by atomic mass is 10.0. The lowest BCUT2D eigenvalue weighted by Gasteiger charge is -2.23. The number of hydrogen-bond donors (Lipinski definition) is 2. The van der Waals surface area contributed by atoms with Crippen LogP contribution in [0.2, 0.25) is 0 Å². The van der Waals surface area contributed by atoms with Crippen molar-refractivity contribution in [1.29, 1.82) is 0 Å². The molecule has 3 aromatic carbocycles. The van der Waals surface area contributed by atoms with E-state index in [1.807, 2.05) is 51.4 Å². The molecule has 2 N–H and O–H groups in total. The van der Waals surface area contributed by atoms with E-state index in [4.69, 9.17) is 10.0 Å². The van der Waals surface area contributed by atoms with E-state index in [0.717, 1.165) is 22.9 Å². The van der Waals surface area contributed by atoms with E-state index in [9.17, 15) is 9.59 Å². The molecule has 0 saturated heterocycles. The highest BCUT2D eigenvalue weighted by atomic mass is 16.7. The Morgan fingerprint density at radius 1 is 0.933 bits per heavy atom. The van der Waals surface area contributed by atoms with Gasteiger partial charge in [0.2, 0.25) is 0 Å². The number of hydroxylamine groups is 2. The van der Waals surface area contributed by atoms with E-state index in [1.54, 1.807) is 5.48 Å². The summed E-state index contributed by atoms with van der Waals surface area (Å²) >= 11 is 0. The Bertz CT molecular complexity index is 1050. The number of anilines is 1. The number of carbonyl (C=O) groups is 2. The third-order valence-corrected chi connectivity index (χ3v) is 4.63. The summed E-state index contributed by atoms with van der Waals surface area (Å²) < 4.78 is 0. The van der Waals surface area contributed by atoms with Crippen molar-refractivity contribution in [3.8, 4) is 0 Å². The summed E-state index contributed by atoms with van der Waals surface area (Å²) in [6, 6.07) is 17.8. The summed E-state index contributed by atoms with van der Waals surface area (Å²) in [7, 11) is 4.03. The maximum absolute atomic E-state index is 13.2. The Morgan fingerprint density at radius 3 is 2.20 bits per heavy atom. The molecule has 3 aromatic rings. The van der Waals surface area contributed by atoms with Gasteiger partial charge in [-0.15, -0.1) is 0 Å². The predicted molar refractivity (Wildman–Crippen MR) is 115 cm³/mol. The minimum absolute atomic E-state index is 0.246. The highest BCUT2D eigenvalue weighted by molar-refractivity contribution is 6.10. The number of nitrogens with one attached hydrogen (secondary N) is 1. The minimum Gasteiger partial charge on any atom is -0.305 e. The van der Waals surface area contributed by atoms with Gasteiger partial charge in [0.25, 0.3) is 11.8 Å². The zero-order valence-corrected chi connectivity index (χ0v) is 17.3. The molecule has 0 unspecified atom stereocenters. The Kier molecular flexibility index (Phi) is 6.79. The molecule has 3 rings (SSSR count). The molecule has 0 heterocycles. The smallest absolute Gasteiger partial charge is 0.282 e. The fraction of sp³-hybridized carbons (Fsp3) is 0.217. The molecule has 0 atom stereocenters. The summed E-state index contributed by atoms with van der Waals surface area (Å²) in [4.78, 5) is 32.6. The van der Waals surface area contributed by atoms with Gasteiger partial charge in [-0.05, 0) is 62.3 Å². The normalized spacial score (nSPS) is 11.0. The van der Waals surface area contributed by atoms with Crippen molar-refractivity contribution < 1.29 is 19.6 Å². The van der Waals surface area contributed by atoms with Crippen LogP contribution in [0.5, 0.6) is 0 Å². The average Bonchev–Trinajstić information content (AvgIpc) is 2.76. The van der Waals surface area contributed by atoms with E-state index in [0.29, 0.717) is 17.9 Å². The quantitative estimate of drug-likeness (QED) is 0.462. The largest absolute Gasteiger partial charge is 0.305 e. The van der Waals surface area contributed by atoms with Crippen LogP contribution in [-0.4, -0.2) is 42.6 Å². The van der Waals surface area contributed by atoms with Crippen molar-refractivity contribution in [3.63, 3.8) is 0 Å². The van der Waals surface area contributed by atoms with Crippen LogP contribution < -0.4 is 10.5 Å². The molecule has 2 amide bonds. The molecule has 0 aromatic heterocycles. The van der Waals surface area contributed by atoms with Gasteiger partial charge in [-0.3, -0.25) is 19.6 Å². The van der Waals surface area contributed by atoms with Crippen LogP contribution in [0.4, 0.5) is 5.69 Å². The van der Waals surface area contributed by atoms with Crippen molar-refractivity contribution in [1.82, 2.24) is 10.4 Å². The van der Waals surface area contributed by atoms with Gasteiger partial charge in [-0.1, -0.05) is 30.3 Å². The average molecular weight is 407 g/mol. The second kappa shape index (κ2) is 9.49. The van der Waals surface area contributed by atoms with Crippen LogP contribution >= 0.6 is 0 Å².